The zero-order valence-electron chi connectivity index (χ0n) is 6.59. The third-order valence-corrected chi connectivity index (χ3v) is 2.19. The molecule has 0 bridgehead atoms. The molecule has 2 atom stereocenters. The summed E-state index contributed by atoms with van der Waals surface area (Å²) in [5, 5.41) is 0. The fraction of sp³-hybridized carbons (Fsp3) is 0.778. The lowest BCUT2D eigenvalue weighted by atomic mass is 10.1. The molecule has 0 aromatic heterocycles. The Kier molecular flexibility index (Phi) is 1.94. The van der Waals surface area contributed by atoms with E-state index in [0.29, 0.717) is 0 Å². The SMILES string of the molecule is CC=CC1CC1C(C)C. The number of hydrogen-bond donors (Lipinski definition) is 0. The molecular formula is C9H16. The van der Waals surface area contributed by atoms with Crippen molar-refractivity contribution in [1.82, 2.24) is 0 Å². The van der Waals surface area contributed by atoms with Crippen LogP contribution in [0.15, 0.2) is 12.2 Å². The highest BCUT2D eigenvalue weighted by atomic mass is 14.4. The van der Waals surface area contributed by atoms with E-state index in [2.05, 4.69) is 32.9 Å². The summed E-state index contributed by atoms with van der Waals surface area (Å²) < 4.78 is 0. The van der Waals surface area contributed by atoms with Crippen LogP contribution in [0.4, 0.5) is 0 Å². The van der Waals surface area contributed by atoms with Gasteiger partial charge in [-0.3, -0.25) is 0 Å². The van der Waals surface area contributed by atoms with E-state index in [0.717, 1.165) is 17.8 Å². The minimum Gasteiger partial charge on any atom is -0.0914 e. The highest BCUT2D eigenvalue weighted by Crippen LogP contribution is 2.44. The molecule has 52 valence electrons. The summed E-state index contributed by atoms with van der Waals surface area (Å²) in [5.74, 6) is 2.82. The Morgan fingerprint density at radius 3 is 2.44 bits per heavy atom. The molecule has 0 aromatic rings. The van der Waals surface area contributed by atoms with E-state index in [-0.39, 0.29) is 0 Å². The van der Waals surface area contributed by atoms with Crippen LogP contribution in [0.3, 0.4) is 0 Å². The molecule has 0 aromatic carbocycles. The van der Waals surface area contributed by atoms with Crippen LogP contribution in [-0.4, -0.2) is 0 Å². The second-order valence-corrected chi connectivity index (χ2v) is 3.33. The maximum atomic E-state index is 2.34. The molecule has 1 aliphatic rings. The number of rotatable bonds is 2. The summed E-state index contributed by atoms with van der Waals surface area (Å²) in [6.07, 6.45) is 5.94. The standard InChI is InChI=1S/C9H16/c1-4-5-8-6-9(8)7(2)3/h4-5,7-9H,6H2,1-3H3. The first-order valence-corrected chi connectivity index (χ1v) is 3.88. The number of hydrogen-bond acceptors (Lipinski definition) is 0. The Hall–Kier alpha value is -0.260. The summed E-state index contributed by atoms with van der Waals surface area (Å²) in [7, 11) is 0. The van der Waals surface area contributed by atoms with E-state index in [9.17, 15) is 0 Å². The van der Waals surface area contributed by atoms with Gasteiger partial charge in [-0.05, 0) is 31.1 Å². The van der Waals surface area contributed by atoms with E-state index < -0.39 is 0 Å². The summed E-state index contributed by atoms with van der Waals surface area (Å²) in [5.41, 5.74) is 0. The molecule has 0 heterocycles. The molecule has 0 spiro atoms. The van der Waals surface area contributed by atoms with Gasteiger partial charge in [0.2, 0.25) is 0 Å². The minimum absolute atomic E-state index is 0.895. The van der Waals surface area contributed by atoms with Crippen LogP contribution in [0.25, 0.3) is 0 Å². The fourth-order valence-corrected chi connectivity index (χ4v) is 1.47. The lowest BCUT2D eigenvalue weighted by Gasteiger charge is -1.97. The van der Waals surface area contributed by atoms with Crippen LogP contribution >= 0.6 is 0 Å². The molecule has 0 amide bonds. The van der Waals surface area contributed by atoms with Gasteiger partial charge in [0.25, 0.3) is 0 Å². The predicted molar refractivity (Wildman–Crippen MR) is 41.2 cm³/mol. The van der Waals surface area contributed by atoms with E-state index in [1.54, 1.807) is 0 Å². The largest absolute Gasteiger partial charge is 0.0914 e. The molecule has 0 radical (unpaired) electrons. The molecule has 0 saturated heterocycles. The van der Waals surface area contributed by atoms with Crippen LogP contribution in [0.5, 0.6) is 0 Å². The second kappa shape index (κ2) is 2.55. The molecular weight excluding hydrogens is 108 g/mol. The summed E-state index contributed by atoms with van der Waals surface area (Å²) >= 11 is 0. The molecule has 0 N–H and O–H groups in total. The van der Waals surface area contributed by atoms with Crippen LogP contribution in [0.2, 0.25) is 0 Å². The number of allylic oxidation sites excluding steroid dienone is 2. The average molecular weight is 124 g/mol. The van der Waals surface area contributed by atoms with Gasteiger partial charge in [-0.15, -0.1) is 0 Å². The summed E-state index contributed by atoms with van der Waals surface area (Å²) in [6.45, 7) is 6.73. The molecule has 1 rings (SSSR count). The maximum absolute atomic E-state index is 2.34. The molecule has 0 heteroatoms. The highest BCUT2D eigenvalue weighted by molar-refractivity contribution is 5.01. The lowest BCUT2D eigenvalue weighted by molar-refractivity contribution is 0.542. The Balaban J connectivity index is 2.24. The van der Waals surface area contributed by atoms with Gasteiger partial charge in [-0.1, -0.05) is 26.0 Å². The first kappa shape index (κ1) is 6.85. The first-order chi connectivity index (χ1) is 4.25. The Bertz CT molecular complexity index is 111. The van der Waals surface area contributed by atoms with Gasteiger partial charge in [0.15, 0.2) is 0 Å². The molecule has 1 fully saturated rings. The van der Waals surface area contributed by atoms with E-state index in [1.165, 1.54) is 6.42 Å². The van der Waals surface area contributed by atoms with Crippen molar-refractivity contribution in [3.63, 3.8) is 0 Å². The third-order valence-electron chi connectivity index (χ3n) is 2.19. The molecule has 0 nitrogen and oxygen atoms in total. The van der Waals surface area contributed by atoms with E-state index in [4.69, 9.17) is 0 Å². The second-order valence-electron chi connectivity index (χ2n) is 3.33. The third kappa shape index (κ3) is 1.57. The van der Waals surface area contributed by atoms with Crippen molar-refractivity contribution in [2.45, 2.75) is 27.2 Å². The van der Waals surface area contributed by atoms with E-state index in [1.807, 2.05) is 0 Å². The normalized spacial score (nSPS) is 34.2. The Morgan fingerprint density at radius 1 is 1.44 bits per heavy atom. The molecule has 1 aliphatic carbocycles. The van der Waals surface area contributed by atoms with Gasteiger partial charge in [-0.25, -0.2) is 0 Å². The van der Waals surface area contributed by atoms with Gasteiger partial charge >= 0.3 is 0 Å². The zero-order valence-corrected chi connectivity index (χ0v) is 6.59. The maximum Gasteiger partial charge on any atom is -0.0200 e. The zero-order chi connectivity index (χ0) is 6.85. The van der Waals surface area contributed by atoms with Crippen LogP contribution in [-0.2, 0) is 0 Å². The summed E-state index contributed by atoms with van der Waals surface area (Å²) in [4.78, 5) is 0. The average Bonchev–Trinajstić information content (AvgIpc) is 2.47. The van der Waals surface area contributed by atoms with Gasteiger partial charge in [0.1, 0.15) is 0 Å². The van der Waals surface area contributed by atoms with Gasteiger partial charge < -0.3 is 0 Å². The van der Waals surface area contributed by atoms with Crippen molar-refractivity contribution in [3.05, 3.63) is 12.2 Å². The lowest BCUT2D eigenvalue weighted by Crippen LogP contribution is -1.90. The molecule has 1 saturated carbocycles. The topological polar surface area (TPSA) is 0 Å². The van der Waals surface area contributed by atoms with Gasteiger partial charge in [0.05, 0.1) is 0 Å². The van der Waals surface area contributed by atoms with Crippen LogP contribution < -0.4 is 0 Å². The Morgan fingerprint density at radius 2 is 2.11 bits per heavy atom. The Labute approximate surface area is 58.0 Å². The monoisotopic (exact) mass is 124 g/mol. The van der Waals surface area contributed by atoms with E-state index >= 15 is 0 Å². The van der Waals surface area contributed by atoms with Crippen molar-refractivity contribution in [3.8, 4) is 0 Å². The van der Waals surface area contributed by atoms with Crippen molar-refractivity contribution >= 4 is 0 Å². The van der Waals surface area contributed by atoms with Crippen molar-refractivity contribution < 1.29 is 0 Å². The highest BCUT2D eigenvalue weighted by Gasteiger charge is 2.36. The fourth-order valence-electron chi connectivity index (χ4n) is 1.47. The minimum atomic E-state index is 0.895. The predicted octanol–water partition coefficient (Wildman–Crippen LogP) is 2.85. The van der Waals surface area contributed by atoms with Gasteiger partial charge in [0, 0.05) is 0 Å². The van der Waals surface area contributed by atoms with Crippen molar-refractivity contribution in [2.24, 2.45) is 17.8 Å². The first-order valence-electron chi connectivity index (χ1n) is 3.88. The van der Waals surface area contributed by atoms with Crippen LogP contribution in [0, 0.1) is 17.8 Å². The smallest absolute Gasteiger partial charge is 0.0200 e. The van der Waals surface area contributed by atoms with Gasteiger partial charge in [-0.2, -0.15) is 0 Å². The molecule has 2 unspecified atom stereocenters. The van der Waals surface area contributed by atoms with Crippen molar-refractivity contribution in [1.29, 1.82) is 0 Å². The quantitative estimate of drug-likeness (QED) is 0.496. The van der Waals surface area contributed by atoms with Crippen molar-refractivity contribution in [2.75, 3.05) is 0 Å². The molecule has 0 aliphatic heterocycles. The summed E-state index contributed by atoms with van der Waals surface area (Å²) in [6, 6.07) is 0. The molecule has 9 heavy (non-hydrogen) atoms. The van der Waals surface area contributed by atoms with Crippen LogP contribution in [0.1, 0.15) is 27.2 Å².